The van der Waals surface area contributed by atoms with Crippen LogP contribution in [-0.2, 0) is 20.4 Å². The Bertz CT molecular complexity index is 1300. The first-order valence-corrected chi connectivity index (χ1v) is 15.2. The van der Waals surface area contributed by atoms with Gasteiger partial charge in [-0.05, 0) is 78.6 Å². The van der Waals surface area contributed by atoms with Crippen molar-refractivity contribution in [1.29, 1.82) is 0 Å². The van der Waals surface area contributed by atoms with E-state index < -0.39 is 0 Å². The minimum atomic E-state index is -0.301. The molecule has 220 valence electrons. The van der Waals surface area contributed by atoms with E-state index in [0.29, 0.717) is 5.92 Å². The third kappa shape index (κ3) is 8.87. The average molecular weight is 575 g/mol. The molecule has 5 nitrogen and oxygen atoms in total. The number of para-hydroxylation sites is 1. The highest BCUT2D eigenvalue weighted by atomic mass is 32.2. The predicted octanol–water partition coefficient (Wildman–Crippen LogP) is 9.21. The molecule has 1 unspecified atom stereocenters. The summed E-state index contributed by atoms with van der Waals surface area (Å²) in [5.74, 6) is 0.454. The number of nitrogens with zero attached hydrogens (tertiary/aromatic N) is 1. The van der Waals surface area contributed by atoms with Gasteiger partial charge in [0.05, 0.1) is 6.42 Å². The van der Waals surface area contributed by atoms with Gasteiger partial charge in [-0.25, -0.2) is 0 Å². The first-order chi connectivity index (χ1) is 19.1. The highest BCUT2D eigenvalue weighted by Gasteiger charge is 2.29. The average Bonchev–Trinajstić information content (AvgIpc) is 2.85. The summed E-state index contributed by atoms with van der Waals surface area (Å²) in [6, 6.07) is 21.4. The third-order valence-corrected chi connectivity index (χ3v) is 7.80. The molecule has 0 aliphatic rings. The summed E-state index contributed by atoms with van der Waals surface area (Å²) in [6.45, 7) is 18.6. The molecule has 0 bridgehead atoms. The summed E-state index contributed by atoms with van der Waals surface area (Å²) < 4.78 is 0. The topological polar surface area (TPSA) is 69.6 Å². The molecule has 41 heavy (non-hydrogen) atoms. The Morgan fingerprint density at radius 2 is 1.34 bits per heavy atom. The van der Waals surface area contributed by atoms with Gasteiger partial charge in [-0.1, -0.05) is 85.4 Å². The lowest BCUT2D eigenvalue weighted by molar-refractivity contribution is -0.123. The van der Waals surface area contributed by atoms with Gasteiger partial charge in [0.2, 0.25) is 11.0 Å². The maximum absolute atomic E-state index is 13.7. The maximum atomic E-state index is 13.7. The summed E-state index contributed by atoms with van der Waals surface area (Å²) in [6.07, 6.45) is 0.604. The summed E-state index contributed by atoms with van der Waals surface area (Å²) in [4.78, 5) is 29.5. The smallest absolute Gasteiger partial charge is 0.235 e. The minimum Gasteiger partial charge on any atom is -0.507 e. The van der Waals surface area contributed by atoms with Gasteiger partial charge in [0.25, 0.3) is 0 Å². The fourth-order valence-electron chi connectivity index (χ4n) is 5.01. The van der Waals surface area contributed by atoms with Crippen molar-refractivity contribution in [2.24, 2.45) is 5.92 Å². The van der Waals surface area contributed by atoms with Crippen LogP contribution in [0.25, 0.3) is 0 Å². The van der Waals surface area contributed by atoms with Crippen molar-refractivity contribution in [1.82, 2.24) is 0 Å². The van der Waals surface area contributed by atoms with E-state index in [1.165, 1.54) is 0 Å². The number of rotatable bonds is 9. The Morgan fingerprint density at radius 3 is 1.83 bits per heavy atom. The molecule has 0 saturated heterocycles. The van der Waals surface area contributed by atoms with Crippen molar-refractivity contribution in [2.45, 2.75) is 96.9 Å². The van der Waals surface area contributed by atoms with Gasteiger partial charge in [-0.15, -0.1) is 0 Å². The molecule has 2 N–H and O–H groups in total. The number of phenolic OH excluding ortho intramolecular Hbond substituents is 1. The van der Waals surface area contributed by atoms with E-state index in [2.05, 4.69) is 19.2 Å². The lowest BCUT2D eigenvalue weighted by Gasteiger charge is -2.31. The summed E-state index contributed by atoms with van der Waals surface area (Å²) >= 11 is 1.08. The molecule has 6 heteroatoms. The molecule has 0 radical (unpaired) electrons. The molecular weight excluding hydrogens is 528 g/mol. The molecule has 0 spiro atoms. The molecule has 1 amide bonds. The summed E-state index contributed by atoms with van der Waals surface area (Å²) in [5, 5.41) is 14.2. The van der Waals surface area contributed by atoms with Gasteiger partial charge < -0.3 is 15.3 Å². The highest BCUT2D eigenvalue weighted by molar-refractivity contribution is 8.13. The Labute approximate surface area is 250 Å². The molecule has 0 aromatic heterocycles. The zero-order valence-electron chi connectivity index (χ0n) is 26.0. The Morgan fingerprint density at radius 1 is 0.829 bits per heavy atom. The molecule has 0 heterocycles. The molecule has 3 rings (SSSR count). The second kappa shape index (κ2) is 13.2. The summed E-state index contributed by atoms with van der Waals surface area (Å²) in [5.41, 5.74) is 3.67. The molecule has 0 aliphatic carbocycles. The Hall–Kier alpha value is -3.25. The standard InChI is InChI=1S/C35H46N2O3S/c1-23(2)19-24(3)37(27-17-15-26(16-18-27)36-25-13-11-10-12-14-25)31(38)22-32(39)41-28-20-29(34(4,5)6)33(40)30(21-28)35(7,8)9/h10-18,20-21,23-24,36,40H,19,22H2,1-9H3. The van der Waals surface area contributed by atoms with Crippen LogP contribution in [0.5, 0.6) is 5.75 Å². The molecular formula is C35H46N2O3S. The van der Waals surface area contributed by atoms with Crippen LogP contribution in [0.15, 0.2) is 71.6 Å². The number of phenols is 1. The number of carbonyl (C=O) groups excluding carboxylic acids is 2. The number of thioether (sulfide) groups is 1. The van der Waals surface area contributed by atoms with Gasteiger partial charge in [0.1, 0.15) is 5.75 Å². The van der Waals surface area contributed by atoms with Crippen molar-refractivity contribution in [3.63, 3.8) is 0 Å². The number of hydrogen-bond acceptors (Lipinski definition) is 5. The first-order valence-electron chi connectivity index (χ1n) is 14.4. The van der Waals surface area contributed by atoms with Crippen molar-refractivity contribution in [2.75, 3.05) is 10.2 Å². The number of anilines is 3. The van der Waals surface area contributed by atoms with Crippen LogP contribution in [-0.4, -0.2) is 22.2 Å². The summed E-state index contributed by atoms with van der Waals surface area (Å²) in [7, 11) is 0. The van der Waals surface area contributed by atoms with E-state index in [0.717, 1.165) is 51.3 Å². The van der Waals surface area contributed by atoms with E-state index in [-0.39, 0.29) is 40.1 Å². The van der Waals surface area contributed by atoms with Crippen molar-refractivity contribution >= 4 is 39.8 Å². The maximum Gasteiger partial charge on any atom is 0.235 e. The van der Waals surface area contributed by atoms with E-state index >= 15 is 0 Å². The molecule has 3 aromatic rings. The van der Waals surface area contributed by atoms with Gasteiger partial charge in [-0.2, -0.15) is 0 Å². The molecule has 0 aliphatic heterocycles. The lowest BCUT2D eigenvalue weighted by Crippen LogP contribution is -2.40. The third-order valence-electron chi connectivity index (χ3n) is 6.96. The van der Waals surface area contributed by atoms with Crippen molar-refractivity contribution < 1.29 is 14.7 Å². The predicted molar refractivity (Wildman–Crippen MR) is 174 cm³/mol. The normalized spacial score (nSPS) is 12.7. The second-order valence-corrected chi connectivity index (χ2v) is 14.4. The molecule has 3 aromatic carbocycles. The van der Waals surface area contributed by atoms with Gasteiger partial charge in [-0.3, -0.25) is 9.59 Å². The Kier molecular flexibility index (Phi) is 10.4. The van der Waals surface area contributed by atoms with Crippen LogP contribution >= 0.6 is 11.8 Å². The monoisotopic (exact) mass is 574 g/mol. The SMILES string of the molecule is CC(C)CC(C)N(C(=O)CC(=O)Sc1cc(C(C)(C)C)c(O)c(C(C)(C)C)c1)c1ccc(Nc2ccccc2)cc1. The van der Waals surface area contributed by atoms with Crippen LogP contribution in [0.3, 0.4) is 0 Å². The largest absolute Gasteiger partial charge is 0.507 e. The number of aromatic hydroxyl groups is 1. The number of amides is 1. The number of hydrogen-bond donors (Lipinski definition) is 2. The van der Waals surface area contributed by atoms with Crippen LogP contribution in [0.1, 0.15) is 86.3 Å². The number of carbonyl (C=O) groups is 2. The first kappa shape index (κ1) is 32.3. The van der Waals surface area contributed by atoms with Gasteiger partial charge in [0.15, 0.2) is 0 Å². The van der Waals surface area contributed by atoms with Crippen LogP contribution < -0.4 is 10.2 Å². The fourth-order valence-corrected chi connectivity index (χ4v) is 5.82. The molecule has 0 saturated carbocycles. The molecule has 1 atom stereocenters. The van der Waals surface area contributed by atoms with Crippen molar-refractivity contribution in [3.05, 3.63) is 77.9 Å². The molecule has 0 fully saturated rings. The quantitative estimate of drug-likeness (QED) is 0.197. The number of benzene rings is 3. The zero-order valence-corrected chi connectivity index (χ0v) is 26.9. The Balaban J connectivity index is 1.84. The van der Waals surface area contributed by atoms with Crippen LogP contribution in [0.2, 0.25) is 0 Å². The van der Waals surface area contributed by atoms with E-state index in [4.69, 9.17) is 0 Å². The zero-order chi connectivity index (χ0) is 30.5. The van der Waals surface area contributed by atoms with E-state index in [1.807, 2.05) is 115 Å². The van der Waals surface area contributed by atoms with Crippen LogP contribution in [0.4, 0.5) is 17.1 Å². The number of nitrogens with one attached hydrogen (secondary N) is 1. The van der Waals surface area contributed by atoms with Crippen molar-refractivity contribution in [3.8, 4) is 5.75 Å². The second-order valence-electron chi connectivity index (χ2n) is 13.3. The van der Waals surface area contributed by atoms with Gasteiger partial charge >= 0.3 is 0 Å². The fraction of sp³-hybridized carbons (Fsp3) is 0.429. The van der Waals surface area contributed by atoms with Crippen LogP contribution in [0, 0.1) is 5.92 Å². The highest BCUT2D eigenvalue weighted by Crippen LogP contribution is 2.42. The minimum absolute atomic E-state index is 0.0677. The van der Waals surface area contributed by atoms with E-state index in [9.17, 15) is 14.7 Å². The lowest BCUT2D eigenvalue weighted by atomic mass is 9.79. The van der Waals surface area contributed by atoms with Gasteiger partial charge in [0, 0.05) is 39.1 Å². The van der Waals surface area contributed by atoms with E-state index in [1.54, 1.807) is 4.90 Å².